The molecule has 1 aromatic heterocycles. The fourth-order valence-corrected chi connectivity index (χ4v) is 8.62. The average Bonchev–Trinajstić information content (AvgIpc) is 3.65. The fourth-order valence-electron chi connectivity index (χ4n) is 8.62. The van der Waals surface area contributed by atoms with E-state index in [-0.39, 0.29) is 50.3 Å². The predicted molar refractivity (Wildman–Crippen MR) is 279 cm³/mol. The van der Waals surface area contributed by atoms with Crippen LogP contribution in [0.4, 0.5) is 0 Å². The van der Waals surface area contributed by atoms with E-state index in [4.69, 9.17) is 33.5 Å². The van der Waals surface area contributed by atoms with Crippen LogP contribution in [0.1, 0.15) is 96.8 Å². The highest BCUT2D eigenvalue weighted by molar-refractivity contribution is 6.48. The molecule has 4 N–H and O–H groups in total. The van der Waals surface area contributed by atoms with Gasteiger partial charge in [0, 0.05) is 19.1 Å². The largest absolute Gasteiger partial charge is 0.519 e. The first-order chi connectivity index (χ1) is 32.8. The Morgan fingerprint density at radius 1 is 0.743 bits per heavy atom. The van der Waals surface area contributed by atoms with Crippen molar-refractivity contribution in [3.05, 3.63) is 142 Å². The second-order valence-corrected chi connectivity index (χ2v) is 20.2. The lowest BCUT2D eigenvalue weighted by Crippen LogP contribution is -2.40. The Hall–Kier alpha value is -5.31. The monoisotopic (exact) mass is 966 g/mol. The summed E-state index contributed by atoms with van der Waals surface area (Å²) in [6.07, 6.45) is 6.39. The molecule has 1 saturated heterocycles. The second kappa shape index (κ2) is 28.5. The van der Waals surface area contributed by atoms with E-state index in [9.17, 15) is 24.5 Å². The van der Waals surface area contributed by atoms with Crippen LogP contribution in [0.3, 0.4) is 0 Å². The molecule has 5 atom stereocenters. The molecule has 12 nitrogen and oxygen atoms in total. The van der Waals surface area contributed by atoms with Crippen molar-refractivity contribution in [1.29, 1.82) is 0 Å². The average molecular weight is 966 g/mol. The van der Waals surface area contributed by atoms with Gasteiger partial charge in [-0.1, -0.05) is 144 Å². The van der Waals surface area contributed by atoms with Crippen LogP contribution in [0.2, 0.25) is 13.1 Å². The molecule has 0 amide bonds. The van der Waals surface area contributed by atoms with Crippen molar-refractivity contribution in [3.8, 4) is 22.3 Å². The molecule has 0 spiro atoms. The van der Waals surface area contributed by atoms with Gasteiger partial charge in [0.25, 0.3) is 6.92 Å². The van der Waals surface area contributed by atoms with Crippen LogP contribution in [0, 0.1) is 29.1 Å². The quantitative estimate of drug-likeness (QED) is 0.0527. The van der Waals surface area contributed by atoms with E-state index >= 15 is 0 Å². The lowest BCUT2D eigenvalue weighted by atomic mass is 9.60. The fraction of sp³-hybridized carbons (Fsp3) is 0.491. The molecular weight excluding hydrogens is 885 g/mol. The molecule has 1 aliphatic rings. The third-order valence-electron chi connectivity index (χ3n) is 12.2. The Labute approximate surface area is 417 Å². The Balaban J connectivity index is 0.000000305. The zero-order valence-corrected chi connectivity index (χ0v) is 42.3. The van der Waals surface area contributed by atoms with E-state index in [0.717, 1.165) is 43.2 Å². The zero-order chi connectivity index (χ0) is 50.6. The maximum atomic E-state index is 12.8. The van der Waals surface area contributed by atoms with Crippen LogP contribution in [0.15, 0.2) is 123 Å². The second-order valence-electron chi connectivity index (χ2n) is 20.2. The van der Waals surface area contributed by atoms with Crippen molar-refractivity contribution in [2.45, 2.75) is 126 Å². The van der Waals surface area contributed by atoms with Crippen LogP contribution in [0.5, 0.6) is 0 Å². The van der Waals surface area contributed by atoms with Crippen LogP contribution in [-0.2, 0) is 47.8 Å². The molecule has 1 aliphatic heterocycles. The summed E-state index contributed by atoms with van der Waals surface area (Å²) in [5.74, 6) is 0.0370. The highest BCUT2D eigenvalue weighted by Crippen LogP contribution is 2.34. The van der Waals surface area contributed by atoms with E-state index in [0.29, 0.717) is 43.7 Å². The molecule has 0 saturated carbocycles. The number of carbonyl (C=O) groups is 2. The SMILES string of the molecule is C.COC(=O)[C@](C)(CO)C[C@H](N)Cc1ccc(-c2ccccc2)cc1.COC(=O)[C@](C)(COC1CCCCO1)C[C@H](CB(C)O)Cc1ccc(-c2ccccc2)cc1.Cc1oc(=O)oc1CC(C)(C)C. The van der Waals surface area contributed by atoms with Crippen molar-refractivity contribution in [2.75, 3.05) is 34.0 Å². The number of aryl methyl sites for hydroxylation is 1. The van der Waals surface area contributed by atoms with Gasteiger partial charge in [0.05, 0.1) is 38.3 Å². The summed E-state index contributed by atoms with van der Waals surface area (Å²) in [5, 5.41) is 19.7. The number of ether oxygens (including phenoxy) is 4. The number of rotatable bonds is 19. The zero-order valence-electron chi connectivity index (χ0n) is 42.3. The van der Waals surface area contributed by atoms with Gasteiger partial charge in [-0.15, -0.1) is 0 Å². The molecule has 13 heteroatoms. The highest BCUT2D eigenvalue weighted by atomic mass is 16.7. The summed E-state index contributed by atoms with van der Waals surface area (Å²) >= 11 is 0. The van der Waals surface area contributed by atoms with Gasteiger partial charge in [0.2, 0.25) is 0 Å². The smallest absolute Gasteiger partial charge is 0.469 e. The van der Waals surface area contributed by atoms with Crippen LogP contribution < -0.4 is 11.6 Å². The van der Waals surface area contributed by atoms with Crippen molar-refractivity contribution in [3.63, 3.8) is 0 Å². The minimum Gasteiger partial charge on any atom is -0.469 e. The van der Waals surface area contributed by atoms with E-state index in [1.807, 2.05) is 43.3 Å². The number of aliphatic hydroxyl groups is 1. The summed E-state index contributed by atoms with van der Waals surface area (Å²) in [6, 6.07) is 37.0. The number of aliphatic hydroxyl groups excluding tert-OH is 1. The molecule has 70 heavy (non-hydrogen) atoms. The topological polar surface area (TPSA) is 181 Å². The molecule has 382 valence electrons. The molecular formula is C57H80BNO11. The van der Waals surface area contributed by atoms with Gasteiger partial charge in [0.15, 0.2) is 6.29 Å². The third kappa shape index (κ3) is 19.5. The van der Waals surface area contributed by atoms with E-state index in [2.05, 4.69) is 93.6 Å². The molecule has 4 aromatic carbocycles. The number of benzene rings is 4. The number of hydrogen-bond acceptors (Lipinski definition) is 12. The maximum Gasteiger partial charge on any atom is 0.519 e. The predicted octanol–water partition coefficient (Wildman–Crippen LogP) is 10.8. The Morgan fingerprint density at radius 2 is 1.24 bits per heavy atom. The van der Waals surface area contributed by atoms with E-state index < -0.39 is 29.5 Å². The van der Waals surface area contributed by atoms with Crippen molar-refractivity contribution >= 4 is 18.9 Å². The Morgan fingerprint density at radius 3 is 1.67 bits per heavy atom. The van der Waals surface area contributed by atoms with E-state index in [1.165, 1.54) is 36.5 Å². The summed E-state index contributed by atoms with van der Waals surface area (Å²) in [7, 11) is 2.74. The molecule has 0 radical (unpaired) electrons. The van der Waals surface area contributed by atoms with Crippen LogP contribution in [-0.4, -0.2) is 75.4 Å². The summed E-state index contributed by atoms with van der Waals surface area (Å²) < 4.78 is 31.2. The molecule has 1 unspecified atom stereocenters. The lowest BCUT2D eigenvalue weighted by molar-refractivity contribution is -0.189. The highest BCUT2D eigenvalue weighted by Gasteiger charge is 2.39. The van der Waals surface area contributed by atoms with Crippen LogP contribution >= 0.6 is 0 Å². The normalized spacial score (nSPS) is 16.0. The Kier molecular flexibility index (Phi) is 24.0. The number of nitrogens with two attached hydrogens (primary N) is 1. The van der Waals surface area contributed by atoms with E-state index in [1.54, 1.807) is 20.7 Å². The first-order valence-electron chi connectivity index (χ1n) is 24.1. The van der Waals surface area contributed by atoms with Gasteiger partial charge in [-0.2, -0.15) is 0 Å². The number of methoxy groups -OCH3 is 2. The standard InChI is InChI=1S/C27H37BO5.C20H25NO3.C9H14O3.CH4/c1-27(26(29)31-3,20-33-25-11-7-8-16-32-25)18-22(19-28(2)30)17-21-12-14-24(15-13-21)23-9-5-4-6-10-23;1-20(14-22,19(23)24-2)13-18(21)12-15-8-10-17(11-9-15)16-6-4-3-5-7-16;1-6-7(5-9(2,3)4)12-8(10)11-6;/h4-6,9-10,12-15,22,25,30H,7-8,11,16-20H2,1-3H3;3-11,18,22H,12-14,21H2,1-2H3;5H2,1-4H3;1H4/t22-,25?,27+;18-,20+;;/m11../s1. The van der Waals surface area contributed by atoms with Crippen molar-refractivity contribution in [1.82, 2.24) is 0 Å². The molecule has 0 aliphatic carbocycles. The summed E-state index contributed by atoms with van der Waals surface area (Å²) in [6.45, 7) is 13.6. The number of esters is 2. The molecule has 0 bridgehead atoms. The van der Waals surface area contributed by atoms with Gasteiger partial charge < -0.3 is 43.6 Å². The molecule has 5 aromatic rings. The first kappa shape index (κ1) is 59.0. The summed E-state index contributed by atoms with van der Waals surface area (Å²) in [5.41, 5.74) is 11.5. The minimum atomic E-state index is -0.960. The molecule has 2 heterocycles. The number of carbonyl (C=O) groups excluding carboxylic acids is 2. The van der Waals surface area contributed by atoms with Crippen LogP contribution in [0.25, 0.3) is 22.3 Å². The van der Waals surface area contributed by atoms with Gasteiger partial charge in [-0.05, 0) is 117 Å². The Bertz CT molecular complexity index is 2320. The lowest BCUT2D eigenvalue weighted by Gasteiger charge is -2.33. The maximum absolute atomic E-state index is 12.8. The summed E-state index contributed by atoms with van der Waals surface area (Å²) in [4.78, 5) is 35.3. The third-order valence-corrected chi connectivity index (χ3v) is 12.2. The van der Waals surface area contributed by atoms with Crippen molar-refractivity contribution < 1.29 is 47.5 Å². The molecule has 1 fully saturated rings. The number of hydrogen-bond donors (Lipinski definition) is 3. The minimum absolute atomic E-state index is 0. The first-order valence-corrected chi connectivity index (χ1v) is 24.1. The van der Waals surface area contributed by atoms with Gasteiger partial charge in [-0.3, -0.25) is 9.59 Å². The van der Waals surface area contributed by atoms with Gasteiger partial charge >= 0.3 is 17.8 Å². The molecule has 6 rings (SSSR count). The van der Waals surface area contributed by atoms with Crippen molar-refractivity contribution in [2.24, 2.45) is 27.9 Å². The van der Waals surface area contributed by atoms with Gasteiger partial charge in [-0.25, -0.2) is 4.79 Å². The van der Waals surface area contributed by atoms with Gasteiger partial charge in [0.1, 0.15) is 11.5 Å².